The summed E-state index contributed by atoms with van der Waals surface area (Å²) in [7, 11) is 3.48. The summed E-state index contributed by atoms with van der Waals surface area (Å²) in [5.74, 6) is 0.742. The molecular formula is C12H24N4O. The minimum absolute atomic E-state index is 0.0100. The Hall–Kier alpha value is -1.26. The first kappa shape index (κ1) is 13.8. The number of aliphatic imine (C=N–C) groups is 1. The largest absolute Gasteiger partial charge is 0.354 e. The molecule has 0 aromatic carbocycles. The molecule has 0 heterocycles. The third kappa shape index (κ3) is 6.14. The topological polar surface area (TPSA) is 56.7 Å². The summed E-state index contributed by atoms with van der Waals surface area (Å²) in [6.45, 7) is 6.41. The van der Waals surface area contributed by atoms with Crippen LogP contribution in [-0.2, 0) is 4.79 Å². The number of hydrogen-bond donors (Lipinski definition) is 2. The Morgan fingerprint density at radius 3 is 2.35 bits per heavy atom. The number of nitrogens with one attached hydrogen (secondary N) is 2. The molecule has 1 aliphatic rings. The smallest absolute Gasteiger partial charge is 0.243 e. The Kier molecular flexibility index (Phi) is 4.37. The molecule has 98 valence electrons. The second kappa shape index (κ2) is 5.38. The van der Waals surface area contributed by atoms with Crippen molar-refractivity contribution >= 4 is 11.9 Å². The van der Waals surface area contributed by atoms with Gasteiger partial charge in [0.05, 0.1) is 0 Å². The predicted octanol–water partition coefficient (Wildman–Crippen LogP) is 0.571. The van der Waals surface area contributed by atoms with Crippen molar-refractivity contribution in [3.8, 4) is 0 Å². The lowest BCUT2D eigenvalue weighted by molar-refractivity contribution is -0.127. The Balaban J connectivity index is 2.54. The lowest BCUT2D eigenvalue weighted by atomic mass is 10.1. The molecule has 0 saturated heterocycles. The number of guanidine groups is 1. The highest BCUT2D eigenvalue weighted by molar-refractivity contribution is 5.85. The molecule has 1 amide bonds. The Labute approximate surface area is 104 Å². The average molecular weight is 240 g/mol. The van der Waals surface area contributed by atoms with Gasteiger partial charge in [-0.15, -0.1) is 0 Å². The van der Waals surface area contributed by atoms with E-state index in [1.165, 1.54) is 12.8 Å². The van der Waals surface area contributed by atoms with E-state index in [1.807, 2.05) is 0 Å². The maximum Gasteiger partial charge on any atom is 0.243 e. The zero-order valence-electron chi connectivity index (χ0n) is 11.5. The molecular weight excluding hydrogens is 216 g/mol. The van der Waals surface area contributed by atoms with E-state index < -0.39 is 0 Å². The van der Waals surface area contributed by atoms with Gasteiger partial charge < -0.3 is 15.5 Å². The molecule has 0 bridgehead atoms. The summed E-state index contributed by atoms with van der Waals surface area (Å²) < 4.78 is 0. The van der Waals surface area contributed by atoms with Crippen molar-refractivity contribution in [1.82, 2.24) is 15.5 Å². The van der Waals surface area contributed by atoms with Crippen molar-refractivity contribution in [2.45, 2.75) is 45.2 Å². The summed E-state index contributed by atoms with van der Waals surface area (Å²) in [6.07, 6.45) is 2.37. The van der Waals surface area contributed by atoms with E-state index >= 15 is 0 Å². The van der Waals surface area contributed by atoms with Gasteiger partial charge >= 0.3 is 0 Å². The number of hydrogen-bond acceptors (Lipinski definition) is 2. The molecule has 0 aromatic heterocycles. The highest BCUT2D eigenvalue weighted by Crippen LogP contribution is 2.18. The minimum Gasteiger partial charge on any atom is -0.354 e. The van der Waals surface area contributed by atoms with Gasteiger partial charge in [-0.05, 0) is 33.6 Å². The molecule has 1 rings (SSSR count). The van der Waals surface area contributed by atoms with Crippen molar-refractivity contribution in [3.63, 3.8) is 0 Å². The number of carbonyl (C=O) groups excluding carboxylic acids is 1. The molecule has 1 saturated carbocycles. The first-order chi connectivity index (χ1) is 7.78. The summed E-state index contributed by atoms with van der Waals surface area (Å²) in [4.78, 5) is 17.3. The summed E-state index contributed by atoms with van der Waals surface area (Å²) >= 11 is 0. The van der Waals surface area contributed by atoms with Crippen LogP contribution in [0.25, 0.3) is 0 Å². The van der Waals surface area contributed by atoms with Gasteiger partial charge in [0.15, 0.2) is 5.96 Å². The maximum atomic E-state index is 11.5. The van der Waals surface area contributed by atoms with Gasteiger partial charge in [-0.2, -0.15) is 0 Å². The van der Waals surface area contributed by atoms with Crippen LogP contribution in [-0.4, -0.2) is 49.0 Å². The van der Waals surface area contributed by atoms with Crippen LogP contribution in [0.1, 0.15) is 33.6 Å². The Morgan fingerprint density at radius 2 is 1.94 bits per heavy atom. The zero-order chi connectivity index (χ0) is 13.1. The normalized spacial score (nSPS) is 16.6. The average Bonchev–Trinajstić information content (AvgIpc) is 2.94. The molecule has 0 aromatic rings. The second-order valence-electron chi connectivity index (χ2n) is 5.75. The van der Waals surface area contributed by atoms with Crippen LogP contribution >= 0.6 is 0 Å². The highest BCUT2D eigenvalue weighted by Gasteiger charge is 2.24. The highest BCUT2D eigenvalue weighted by atomic mass is 16.2. The van der Waals surface area contributed by atoms with E-state index in [0.29, 0.717) is 6.04 Å². The van der Waals surface area contributed by atoms with E-state index in [2.05, 4.69) is 36.4 Å². The van der Waals surface area contributed by atoms with E-state index in [1.54, 1.807) is 19.0 Å². The zero-order valence-corrected chi connectivity index (χ0v) is 11.5. The first-order valence-corrected chi connectivity index (χ1v) is 6.07. The van der Waals surface area contributed by atoms with Gasteiger partial charge in [0, 0.05) is 25.7 Å². The Morgan fingerprint density at radius 1 is 1.35 bits per heavy atom. The van der Waals surface area contributed by atoms with E-state index in [-0.39, 0.29) is 18.0 Å². The fourth-order valence-corrected chi connectivity index (χ4v) is 1.19. The third-order valence-corrected chi connectivity index (χ3v) is 2.28. The van der Waals surface area contributed by atoms with Crippen LogP contribution in [0.5, 0.6) is 0 Å². The molecule has 0 unspecified atom stereocenters. The second-order valence-corrected chi connectivity index (χ2v) is 5.75. The molecule has 1 fully saturated rings. The Bertz CT molecular complexity index is 300. The van der Waals surface area contributed by atoms with E-state index in [0.717, 1.165) is 5.96 Å². The van der Waals surface area contributed by atoms with Crippen molar-refractivity contribution in [3.05, 3.63) is 0 Å². The number of amides is 1. The minimum atomic E-state index is -0.0537. The predicted molar refractivity (Wildman–Crippen MR) is 70.0 cm³/mol. The van der Waals surface area contributed by atoms with Crippen molar-refractivity contribution in [1.29, 1.82) is 0 Å². The van der Waals surface area contributed by atoms with Gasteiger partial charge in [-0.25, -0.2) is 4.99 Å². The fraction of sp³-hybridized carbons (Fsp3) is 0.833. The number of likely N-dealkylation sites (N-methyl/N-ethyl adjacent to an activating group) is 1. The van der Waals surface area contributed by atoms with Gasteiger partial charge in [-0.3, -0.25) is 4.79 Å². The monoisotopic (exact) mass is 240 g/mol. The summed E-state index contributed by atoms with van der Waals surface area (Å²) in [5.41, 5.74) is -0.0537. The molecule has 0 aliphatic heterocycles. The quantitative estimate of drug-likeness (QED) is 0.560. The van der Waals surface area contributed by atoms with Crippen LogP contribution < -0.4 is 10.6 Å². The lowest BCUT2D eigenvalue weighted by Gasteiger charge is -2.24. The number of carbonyl (C=O) groups is 1. The molecule has 0 radical (unpaired) electrons. The molecule has 0 atom stereocenters. The summed E-state index contributed by atoms with van der Waals surface area (Å²) in [6, 6.07) is 0.526. The van der Waals surface area contributed by atoms with Crippen LogP contribution in [0.4, 0.5) is 0 Å². The third-order valence-electron chi connectivity index (χ3n) is 2.28. The SMILES string of the molecule is CN(C)C(=O)CN=C(NC1CC1)NC(C)(C)C. The standard InChI is InChI=1S/C12H24N4O/c1-12(2,3)15-11(14-9-6-7-9)13-8-10(17)16(4)5/h9H,6-8H2,1-5H3,(H2,13,14,15). The van der Waals surface area contributed by atoms with Crippen LogP contribution in [0.3, 0.4) is 0 Å². The lowest BCUT2D eigenvalue weighted by Crippen LogP contribution is -2.48. The number of nitrogens with zero attached hydrogens (tertiary/aromatic N) is 2. The summed E-state index contributed by atoms with van der Waals surface area (Å²) in [5, 5.41) is 6.60. The van der Waals surface area contributed by atoms with E-state index in [9.17, 15) is 4.79 Å². The van der Waals surface area contributed by atoms with Gasteiger partial charge in [0.2, 0.25) is 5.91 Å². The first-order valence-electron chi connectivity index (χ1n) is 6.07. The van der Waals surface area contributed by atoms with E-state index in [4.69, 9.17) is 0 Å². The molecule has 17 heavy (non-hydrogen) atoms. The van der Waals surface area contributed by atoms with Crippen LogP contribution in [0.2, 0.25) is 0 Å². The number of rotatable bonds is 3. The van der Waals surface area contributed by atoms with Crippen molar-refractivity contribution < 1.29 is 4.79 Å². The maximum absolute atomic E-state index is 11.5. The van der Waals surface area contributed by atoms with Crippen molar-refractivity contribution in [2.24, 2.45) is 4.99 Å². The molecule has 0 spiro atoms. The van der Waals surface area contributed by atoms with Gasteiger partial charge in [0.25, 0.3) is 0 Å². The van der Waals surface area contributed by atoms with Crippen molar-refractivity contribution in [2.75, 3.05) is 20.6 Å². The molecule has 5 nitrogen and oxygen atoms in total. The van der Waals surface area contributed by atoms with Gasteiger partial charge in [0.1, 0.15) is 6.54 Å². The fourth-order valence-electron chi connectivity index (χ4n) is 1.19. The molecule has 1 aliphatic carbocycles. The van der Waals surface area contributed by atoms with Crippen LogP contribution in [0.15, 0.2) is 4.99 Å². The molecule has 5 heteroatoms. The molecule has 2 N–H and O–H groups in total. The van der Waals surface area contributed by atoms with Crippen LogP contribution in [0, 0.1) is 0 Å². The van der Waals surface area contributed by atoms with Gasteiger partial charge in [-0.1, -0.05) is 0 Å².